The molecule has 0 aliphatic heterocycles. The van der Waals surface area contributed by atoms with Crippen LogP contribution in [-0.4, -0.2) is 14.8 Å². The Bertz CT molecular complexity index is 475. The van der Waals surface area contributed by atoms with E-state index in [2.05, 4.69) is 10.2 Å². The molecule has 0 saturated heterocycles. The largest absolute Gasteiger partial charge is 0.399 e. The number of benzene rings is 1. The zero-order chi connectivity index (χ0) is 11.5. The molecule has 0 aliphatic rings. The topological polar surface area (TPSA) is 56.7 Å². The van der Waals surface area contributed by atoms with Gasteiger partial charge in [0.05, 0.1) is 5.75 Å². The number of hydrogen-bond donors (Lipinski definition) is 1. The first kappa shape index (κ1) is 11.0. The molecule has 0 radical (unpaired) electrons. The van der Waals surface area contributed by atoms with Crippen molar-refractivity contribution in [3.63, 3.8) is 0 Å². The third kappa shape index (κ3) is 2.36. The van der Waals surface area contributed by atoms with Gasteiger partial charge >= 0.3 is 0 Å². The number of nitrogen functional groups attached to an aromatic ring is 1. The summed E-state index contributed by atoms with van der Waals surface area (Å²) in [6.07, 6.45) is 0. The summed E-state index contributed by atoms with van der Waals surface area (Å²) in [6.45, 7) is 1.95. The van der Waals surface area contributed by atoms with Crippen LogP contribution in [0.2, 0.25) is 0 Å². The summed E-state index contributed by atoms with van der Waals surface area (Å²) < 4.78 is 2.00. The minimum Gasteiger partial charge on any atom is -0.399 e. The summed E-state index contributed by atoms with van der Waals surface area (Å²) in [5.74, 6) is 2.74. The molecule has 2 N–H and O–H groups in total. The fourth-order valence-corrected chi connectivity index (χ4v) is 2.16. The van der Waals surface area contributed by atoms with E-state index in [4.69, 9.17) is 5.73 Å². The van der Waals surface area contributed by atoms with Crippen LogP contribution >= 0.6 is 11.8 Å². The van der Waals surface area contributed by atoms with E-state index in [0.717, 1.165) is 23.1 Å². The Kier molecular flexibility index (Phi) is 3.14. The molecular formula is C11H14N4S. The highest BCUT2D eigenvalue weighted by molar-refractivity contribution is 7.98. The van der Waals surface area contributed by atoms with Crippen molar-refractivity contribution in [2.24, 2.45) is 7.05 Å². The molecule has 1 aromatic heterocycles. The van der Waals surface area contributed by atoms with Gasteiger partial charge in [0.25, 0.3) is 0 Å². The van der Waals surface area contributed by atoms with E-state index < -0.39 is 0 Å². The molecule has 2 aromatic rings. The number of hydrogen-bond acceptors (Lipinski definition) is 4. The fourth-order valence-electron chi connectivity index (χ4n) is 1.29. The second kappa shape index (κ2) is 4.57. The maximum atomic E-state index is 5.63. The second-order valence-corrected chi connectivity index (χ2v) is 4.63. The molecule has 0 spiro atoms. The summed E-state index contributed by atoms with van der Waals surface area (Å²) >= 11 is 1.73. The molecule has 0 fully saturated rings. The average Bonchev–Trinajstić information content (AvgIpc) is 2.60. The van der Waals surface area contributed by atoms with Gasteiger partial charge in [-0.05, 0) is 31.2 Å². The number of nitrogens with two attached hydrogens (primary N) is 1. The van der Waals surface area contributed by atoms with E-state index in [0.29, 0.717) is 0 Å². The Morgan fingerprint density at radius 3 is 2.50 bits per heavy atom. The number of anilines is 1. The van der Waals surface area contributed by atoms with E-state index >= 15 is 0 Å². The zero-order valence-electron chi connectivity index (χ0n) is 9.34. The van der Waals surface area contributed by atoms with Crippen LogP contribution in [0.15, 0.2) is 29.2 Å². The van der Waals surface area contributed by atoms with Crippen molar-refractivity contribution in [3.8, 4) is 0 Å². The lowest BCUT2D eigenvalue weighted by molar-refractivity contribution is 0.817. The summed E-state index contributed by atoms with van der Waals surface area (Å²) in [5.41, 5.74) is 6.42. The first-order valence-electron chi connectivity index (χ1n) is 5.00. The van der Waals surface area contributed by atoms with Crippen LogP contribution in [0, 0.1) is 6.92 Å². The second-order valence-electron chi connectivity index (χ2n) is 3.58. The van der Waals surface area contributed by atoms with Gasteiger partial charge in [0.2, 0.25) is 0 Å². The monoisotopic (exact) mass is 234 g/mol. The van der Waals surface area contributed by atoms with E-state index in [1.54, 1.807) is 11.8 Å². The normalized spacial score (nSPS) is 10.6. The highest BCUT2D eigenvalue weighted by atomic mass is 32.2. The van der Waals surface area contributed by atoms with Crippen molar-refractivity contribution in [2.75, 3.05) is 5.73 Å². The minimum atomic E-state index is 0.791. The number of aryl methyl sites for hydroxylation is 1. The van der Waals surface area contributed by atoms with Gasteiger partial charge in [0.1, 0.15) is 11.6 Å². The third-order valence-corrected chi connectivity index (χ3v) is 3.44. The maximum absolute atomic E-state index is 5.63. The molecule has 0 atom stereocenters. The molecule has 0 amide bonds. The Hall–Kier alpha value is -1.49. The molecule has 2 rings (SSSR count). The van der Waals surface area contributed by atoms with Crippen LogP contribution < -0.4 is 5.73 Å². The number of thioether (sulfide) groups is 1. The molecule has 1 heterocycles. The van der Waals surface area contributed by atoms with Crippen molar-refractivity contribution in [1.82, 2.24) is 14.8 Å². The van der Waals surface area contributed by atoms with Crippen molar-refractivity contribution in [1.29, 1.82) is 0 Å². The number of aromatic nitrogens is 3. The van der Waals surface area contributed by atoms with Gasteiger partial charge in [-0.15, -0.1) is 22.0 Å². The summed E-state index contributed by atoms with van der Waals surface area (Å²) in [6, 6.07) is 7.85. The lowest BCUT2D eigenvalue weighted by Gasteiger charge is -2.02. The Morgan fingerprint density at radius 2 is 1.94 bits per heavy atom. The van der Waals surface area contributed by atoms with Crippen LogP contribution in [0.1, 0.15) is 11.6 Å². The van der Waals surface area contributed by atoms with Gasteiger partial charge in [0, 0.05) is 17.6 Å². The van der Waals surface area contributed by atoms with Crippen molar-refractivity contribution in [3.05, 3.63) is 35.9 Å². The van der Waals surface area contributed by atoms with Crippen molar-refractivity contribution >= 4 is 17.4 Å². The van der Waals surface area contributed by atoms with Gasteiger partial charge in [-0.25, -0.2) is 0 Å². The van der Waals surface area contributed by atoms with E-state index in [9.17, 15) is 0 Å². The van der Waals surface area contributed by atoms with Crippen LogP contribution in [-0.2, 0) is 12.8 Å². The summed E-state index contributed by atoms with van der Waals surface area (Å²) in [5, 5.41) is 8.14. The summed E-state index contributed by atoms with van der Waals surface area (Å²) in [4.78, 5) is 1.19. The fraction of sp³-hybridized carbons (Fsp3) is 0.273. The van der Waals surface area contributed by atoms with E-state index in [1.807, 2.05) is 42.8 Å². The van der Waals surface area contributed by atoms with Crippen LogP contribution in [0.5, 0.6) is 0 Å². The van der Waals surface area contributed by atoms with E-state index in [1.165, 1.54) is 4.90 Å². The standard InChI is InChI=1S/C11H14N4S/c1-8-13-14-11(15(8)2)7-16-10-5-3-9(12)4-6-10/h3-6H,7,12H2,1-2H3. The maximum Gasteiger partial charge on any atom is 0.143 e. The molecule has 5 heteroatoms. The third-order valence-electron chi connectivity index (χ3n) is 2.43. The molecule has 4 nitrogen and oxygen atoms in total. The lowest BCUT2D eigenvalue weighted by atomic mass is 10.3. The lowest BCUT2D eigenvalue weighted by Crippen LogP contribution is -1.97. The smallest absolute Gasteiger partial charge is 0.143 e. The molecule has 84 valence electrons. The Morgan fingerprint density at radius 1 is 1.25 bits per heavy atom. The highest BCUT2D eigenvalue weighted by Crippen LogP contribution is 2.22. The predicted octanol–water partition coefficient (Wildman–Crippen LogP) is 2.00. The first-order chi connectivity index (χ1) is 7.66. The summed E-state index contributed by atoms with van der Waals surface area (Å²) in [7, 11) is 1.98. The predicted molar refractivity (Wildman–Crippen MR) is 66.2 cm³/mol. The molecule has 16 heavy (non-hydrogen) atoms. The Labute approximate surface area is 98.9 Å². The van der Waals surface area contributed by atoms with Gasteiger partial charge in [-0.3, -0.25) is 0 Å². The molecule has 0 bridgehead atoms. The van der Waals surface area contributed by atoms with Gasteiger partial charge in [-0.1, -0.05) is 0 Å². The van der Waals surface area contributed by atoms with Crippen LogP contribution in [0.4, 0.5) is 5.69 Å². The van der Waals surface area contributed by atoms with Gasteiger partial charge in [0.15, 0.2) is 0 Å². The van der Waals surface area contributed by atoms with Gasteiger partial charge in [-0.2, -0.15) is 0 Å². The number of nitrogens with zero attached hydrogens (tertiary/aromatic N) is 3. The average molecular weight is 234 g/mol. The van der Waals surface area contributed by atoms with Crippen molar-refractivity contribution < 1.29 is 0 Å². The Balaban J connectivity index is 2.02. The van der Waals surface area contributed by atoms with Crippen molar-refractivity contribution in [2.45, 2.75) is 17.6 Å². The number of rotatable bonds is 3. The molecule has 0 unspecified atom stereocenters. The zero-order valence-corrected chi connectivity index (χ0v) is 10.2. The molecule has 0 saturated carbocycles. The van der Waals surface area contributed by atoms with Crippen LogP contribution in [0.3, 0.4) is 0 Å². The van der Waals surface area contributed by atoms with Crippen LogP contribution in [0.25, 0.3) is 0 Å². The minimum absolute atomic E-state index is 0.791. The van der Waals surface area contributed by atoms with Gasteiger partial charge < -0.3 is 10.3 Å². The first-order valence-corrected chi connectivity index (χ1v) is 5.98. The molecule has 1 aromatic carbocycles. The highest BCUT2D eigenvalue weighted by Gasteiger charge is 2.05. The SMILES string of the molecule is Cc1nnc(CSc2ccc(N)cc2)n1C. The quantitative estimate of drug-likeness (QED) is 0.652. The molecular weight excluding hydrogens is 220 g/mol. The molecule has 0 aliphatic carbocycles. The van der Waals surface area contributed by atoms with E-state index in [-0.39, 0.29) is 0 Å².